The van der Waals surface area contributed by atoms with Crippen molar-refractivity contribution < 1.29 is 13.5 Å². The van der Waals surface area contributed by atoms with Crippen LogP contribution in [0.5, 0.6) is 0 Å². The third-order valence-corrected chi connectivity index (χ3v) is 5.23. The van der Waals surface area contributed by atoms with Crippen LogP contribution >= 0.6 is 11.3 Å². The third-order valence-electron chi connectivity index (χ3n) is 2.41. The number of aliphatic hydroxyl groups is 1. The Hall–Kier alpha value is -1.21. The van der Waals surface area contributed by atoms with Crippen LogP contribution in [0.1, 0.15) is 11.7 Å². The first kappa shape index (κ1) is 13.2. The Morgan fingerprint density at radius 2 is 1.89 bits per heavy atom. The average Bonchev–Trinajstić information content (AvgIpc) is 2.92. The van der Waals surface area contributed by atoms with Gasteiger partial charge in [-0.1, -0.05) is 36.4 Å². The lowest BCUT2D eigenvalue weighted by molar-refractivity contribution is 0.182. The monoisotopic (exact) mass is 283 g/mol. The van der Waals surface area contributed by atoms with E-state index in [0.717, 1.165) is 11.3 Å². The van der Waals surface area contributed by atoms with Crippen LogP contribution < -0.4 is 4.72 Å². The van der Waals surface area contributed by atoms with Gasteiger partial charge in [0.15, 0.2) is 0 Å². The van der Waals surface area contributed by atoms with E-state index in [1.165, 1.54) is 6.07 Å². The molecule has 0 spiro atoms. The minimum Gasteiger partial charge on any atom is -0.387 e. The van der Waals surface area contributed by atoms with Gasteiger partial charge in [-0.15, -0.1) is 11.3 Å². The number of aliphatic hydroxyl groups excluding tert-OH is 1. The van der Waals surface area contributed by atoms with Crippen molar-refractivity contribution in [2.75, 3.05) is 6.54 Å². The van der Waals surface area contributed by atoms with Gasteiger partial charge in [0.05, 0.1) is 6.10 Å². The lowest BCUT2D eigenvalue weighted by Crippen LogP contribution is -2.27. The molecule has 0 aliphatic carbocycles. The van der Waals surface area contributed by atoms with E-state index in [2.05, 4.69) is 4.72 Å². The van der Waals surface area contributed by atoms with Crippen LogP contribution in [0.4, 0.5) is 0 Å². The Kier molecular flexibility index (Phi) is 4.13. The van der Waals surface area contributed by atoms with Crippen molar-refractivity contribution in [1.29, 1.82) is 0 Å². The molecule has 96 valence electrons. The highest BCUT2D eigenvalue weighted by molar-refractivity contribution is 7.91. The van der Waals surface area contributed by atoms with Crippen molar-refractivity contribution in [3.8, 4) is 0 Å². The molecule has 1 atom stereocenters. The van der Waals surface area contributed by atoms with Gasteiger partial charge in [0.2, 0.25) is 10.0 Å². The molecule has 6 heteroatoms. The maximum Gasteiger partial charge on any atom is 0.250 e. The molecule has 2 N–H and O–H groups in total. The number of sulfonamides is 1. The predicted molar refractivity (Wildman–Crippen MR) is 70.9 cm³/mol. The number of rotatable bonds is 5. The summed E-state index contributed by atoms with van der Waals surface area (Å²) < 4.78 is 26.3. The molecule has 0 saturated heterocycles. The molecule has 1 heterocycles. The minimum atomic E-state index is -3.51. The molecule has 0 fully saturated rings. The predicted octanol–water partition coefficient (Wildman–Crippen LogP) is 1.76. The summed E-state index contributed by atoms with van der Waals surface area (Å²) >= 11 is 1.15. The summed E-state index contributed by atoms with van der Waals surface area (Å²) in [5.41, 5.74) is 0.686. The van der Waals surface area contributed by atoms with Gasteiger partial charge in [0.25, 0.3) is 0 Å². The zero-order valence-electron chi connectivity index (χ0n) is 9.48. The lowest BCUT2D eigenvalue weighted by Gasteiger charge is -2.11. The number of hydrogen-bond acceptors (Lipinski definition) is 4. The number of nitrogens with one attached hydrogen (secondary N) is 1. The summed E-state index contributed by atoms with van der Waals surface area (Å²) in [5, 5.41) is 11.6. The molecule has 0 amide bonds. The Bertz CT molecular complexity index is 579. The molecule has 1 aromatic carbocycles. The highest BCUT2D eigenvalue weighted by atomic mass is 32.2. The van der Waals surface area contributed by atoms with Crippen molar-refractivity contribution in [2.45, 2.75) is 10.3 Å². The zero-order valence-corrected chi connectivity index (χ0v) is 11.1. The fraction of sp³-hybridized carbons (Fsp3) is 0.167. The van der Waals surface area contributed by atoms with Gasteiger partial charge in [-0.05, 0) is 17.0 Å². The van der Waals surface area contributed by atoms with Crippen LogP contribution in [-0.2, 0) is 10.0 Å². The van der Waals surface area contributed by atoms with Crippen molar-refractivity contribution in [3.63, 3.8) is 0 Å². The van der Waals surface area contributed by atoms with Gasteiger partial charge in [0.1, 0.15) is 4.21 Å². The second kappa shape index (κ2) is 5.62. The van der Waals surface area contributed by atoms with E-state index in [1.807, 2.05) is 6.07 Å². The van der Waals surface area contributed by atoms with E-state index in [1.54, 1.807) is 35.7 Å². The number of benzene rings is 1. The summed E-state index contributed by atoms with van der Waals surface area (Å²) in [5.74, 6) is 0. The summed E-state index contributed by atoms with van der Waals surface area (Å²) in [7, 11) is -3.51. The van der Waals surface area contributed by atoms with Crippen LogP contribution in [0, 0.1) is 0 Å². The van der Waals surface area contributed by atoms with E-state index in [4.69, 9.17) is 0 Å². The quantitative estimate of drug-likeness (QED) is 0.878. The molecular weight excluding hydrogens is 270 g/mol. The highest BCUT2D eigenvalue weighted by Crippen LogP contribution is 2.17. The molecule has 2 rings (SSSR count). The van der Waals surface area contributed by atoms with Gasteiger partial charge < -0.3 is 5.11 Å². The summed E-state index contributed by atoms with van der Waals surface area (Å²) in [6.07, 6.45) is -0.846. The molecule has 0 bridgehead atoms. The molecule has 2 aromatic rings. The maximum absolute atomic E-state index is 11.8. The van der Waals surface area contributed by atoms with Crippen molar-refractivity contribution in [1.82, 2.24) is 4.72 Å². The molecule has 4 nitrogen and oxygen atoms in total. The fourth-order valence-electron chi connectivity index (χ4n) is 1.47. The van der Waals surface area contributed by atoms with Gasteiger partial charge in [-0.25, -0.2) is 13.1 Å². The molecule has 0 saturated carbocycles. The van der Waals surface area contributed by atoms with Crippen molar-refractivity contribution in [3.05, 3.63) is 53.4 Å². The highest BCUT2D eigenvalue weighted by Gasteiger charge is 2.17. The third kappa shape index (κ3) is 3.17. The van der Waals surface area contributed by atoms with Crippen LogP contribution in [0.15, 0.2) is 52.1 Å². The van der Waals surface area contributed by atoms with Gasteiger partial charge in [-0.2, -0.15) is 0 Å². The van der Waals surface area contributed by atoms with Crippen molar-refractivity contribution >= 4 is 21.4 Å². The van der Waals surface area contributed by atoms with Crippen LogP contribution in [0.2, 0.25) is 0 Å². The number of thiophene rings is 1. The Morgan fingerprint density at radius 3 is 2.50 bits per heavy atom. The summed E-state index contributed by atoms with van der Waals surface area (Å²) in [4.78, 5) is 0. The van der Waals surface area contributed by atoms with E-state index < -0.39 is 16.1 Å². The maximum atomic E-state index is 11.8. The first-order valence-electron chi connectivity index (χ1n) is 5.36. The molecule has 0 radical (unpaired) electrons. The Balaban J connectivity index is 2.00. The number of hydrogen-bond donors (Lipinski definition) is 2. The SMILES string of the molecule is O=S(=O)(NCC(O)c1ccccc1)c1cccs1. The van der Waals surface area contributed by atoms with Crippen LogP contribution in [-0.4, -0.2) is 20.1 Å². The molecule has 0 aliphatic heterocycles. The molecule has 1 aromatic heterocycles. The van der Waals surface area contributed by atoms with Gasteiger partial charge >= 0.3 is 0 Å². The first-order valence-corrected chi connectivity index (χ1v) is 7.72. The molecule has 18 heavy (non-hydrogen) atoms. The molecule has 1 unspecified atom stereocenters. The van der Waals surface area contributed by atoms with E-state index in [-0.39, 0.29) is 10.8 Å². The van der Waals surface area contributed by atoms with Crippen LogP contribution in [0.25, 0.3) is 0 Å². The second-order valence-electron chi connectivity index (χ2n) is 3.71. The molecule has 0 aliphatic rings. The smallest absolute Gasteiger partial charge is 0.250 e. The normalized spacial score (nSPS) is 13.4. The Morgan fingerprint density at radius 1 is 1.17 bits per heavy atom. The lowest BCUT2D eigenvalue weighted by atomic mass is 10.1. The van der Waals surface area contributed by atoms with E-state index in [0.29, 0.717) is 5.56 Å². The first-order chi connectivity index (χ1) is 8.59. The van der Waals surface area contributed by atoms with Crippen LogP contribution in [0.3, 0.4) is 0 Å². The van der Waals surface area contributed by atoms with E-state index >= 15 is 0 Å². The van der Waals surface area contributed by atoms with Crippen molar-refractivity contribution in [2.24, 2.45) is 0 Å². The molecular formula is C12H13NO3S2. The average molecular weight is 283 g/mol. The standard InChI is InChI=1S/C12H13NO3S2/c14-11(10-5-2-1-3-6-10)9-13-18(15,16)12-7-4-8-17-12/h1-8,11,13-14H,9H2. The Labute approximate surface area is 110 Å². The fourth-order valence-corrected chi connectivity index (χ4v) is 3.55. The summed E-state index contributed by atoms with van der Waals surface area (Å²) in [6.45, 7) is -0.0375. The van der Waals surface area contributed by atoms with Gasteiger partial charge in [0, 0.05) is 6.54 Å². The van der Waals surface area contributed by atoms with E-state index in [9.17, 15) is 13.5 Å². The topological polar surface area (TPSA) is 66.4 Å². The zero-order chi connectivity index (χ0) is 13.0. The largest absolute Gasteiger partial charge is 0.387 e. The minimum absolute atomic E-state index is 0.0375. The summed E-state index contributed by atoms with van der Waals surface area (Å²) in [6, 6.07) is 12.1. The van der Waals surface area contributed by atoms with Gasteiger partial charge in [-0.3, -0.25) is 0 Å². The second-order valence-corrected chi connectivity index (χ2v) is 6.65.